The van der Waals surface area contributed by atoms with Crippen LogP contribution in [0.15, 0.2) is 0 Å². The predicted molar refractivity (Wildman–Crippen MR) is 71.4 cm³/mol. The number of nitrogens with one attached hydrogen (secondary N) is 1. The van der Waals surface area contributed by atoms with Gasteiger partial charge in [0.15, 0.2) is 0 Å². The van der Waals surface area contributed by atoms with Crippen LogP contribution in [0.5, 0.6) is 0 Å². The van der Waals surface area contributed by atoms with Crippen LogP contribution >= 0.6 is 11.8 Å². The van der Waals surface area contributed by atoms with Gasteiger partial charge < -0.3 is 15.5 Å². The molecule has 0 heterocycles. The van der Waals surface area contributed by atoms with Crippen LogP contribution in [-0.4, -0.2) is 51.4 Å². The fourth-order valence-electron chi connectivity index (χ4n) is 2.07. The summed E-state index contributed by atoms with van der Waals surface area (Å²) in [6, 6.07) is -0.996. The van der Waals surface area contributed by atoms with Gasteiger partial charge in [0, 0.05) is 30.8 Å². The molecule has 0 aromatic carbocycles. The van der Waals surface area contributed by atoms with Crippen LogP contribution in [0, 0.1) is 11.8 Å². The average molecular weight is 303 g/mol. The highest BCUT2D eigenvalue weighted by molar-refractivity contribution is 7.99. The monoisotopic (exact) mass is 303 g/mol. The molecule has 1 amide bonds. The second kappa shape index (κ2) is 7.28. The Labute approximate surface area is 120 Å². The van der Waals surface area contributed by atoms with Crippen molar-refractivity contribution in [2.24, 2.45) is 11.8 Å². The fourth-order valence-corrected chi connectivity index (χ4v) is 3.27. The topological polar surface area (TPSA) is 121 Å². The molecule has 1 aliphatic carbocycles. The maximum Gasteiger partial charge on any atom is 0.327 e. The lowest BCUT2D eigenvalue weighted by atomic mass is 10.1. The number of carbonyl (C=O) groups is 4. The lowest BCUT2D eigenvalue weighted by molar-refractivity contribution is -0.142. The highest BCUT2D eigenvalue weighted by atomic mass is 32.2. The first kappa shape index (κ1) is 16.5. The van der Waals surface area contributed by atoms with E-state index in [0.29, 0.717) is 12.2 Å². The summed E-state index contributed by atoms with van der Waals surface area (Å²) in [5.41, 5.74) is 0. The molecule has 0 radical (unpaired) electrons. The summed E-state index contributed by atoms with van der Waals surface area (Å²) in [5, 5.41) is 20.1. The van der Waals surface area contributed by atoms with E-state index in [0.717, 1.165) is 0 Å². The average Bonchev–Trinajstić information content (AvgIpc) is 2.69. The van der Waals surface area contributed by atoms with Crippen molar-refractivity contribution in [2.75, 3.05) is 11.5 Å². The Morgan fingerprint density at radius 2 is 2.05 bits per heavy atom. The lowest BCUT2D eigenvalue weighted by Gasteiger charge is -2.14. The first-order valence-electron chi connectivity index (χ1n) is 6.14. The van der Waals surface area contributed by atoms with Crippen molar-refractivity contribution in [3.05, 3.63) is 0 Å². The third-order valence-electron chi connectivity index (χ3n) is 3.10. The predicted octanol–water partition coefficient (Wildman–Crippen LogP) is -0.0112. The molecule has 0 aliphatic heterocycles. The van der Waals surface area contributed by atoms with E-state index in [4.69, 9.17) is 10.2 Å². The molecule has 8 heteroatoms. The largest absolute Gasteiger partial charge is 0.481 e. The number of rotatable bonds is 7. The number of aliphatic carboxylic acids is 2. The molecule has 3 atom stereocenters. The van der Waals surface area contributed by atoms with E-state index >= 15 is 0 Å². The smallest absolute Gasteiger partial charge is 0.327 e. The van der Waals surface area contributed by atoms with Gasteiger partial charge in [-0.2, -0.15) is 11.8 Å². The maximum absolute atomic E-state index is 11.6. The van der Waals surface area contributed by atoms with E-state index in [2.05, 4.69) is 5.32 Å². The van der Waals surface area contributed by atoms with Gasteiger partial charge in [-0.3, -0.25) is 14.4 Å². The van der Waals surface area contributed by atoms with Gasteiger partial charge in [-0.1, -0.05) is 0 Å². The molecule has 1 rings (SSSR count). The Hall–Kier alpha value is -1.57. The molecule has 1 aliphatic rings. The molecule has 0 aromatic rings. The number of Topliss-reactive ketones (excluding diaryl/α,β-unsaturated/α-hetero) is 1. The van der Waals surface area contributed by atoms with Crippen molar-refractivity contribution in [2.45, 2.75) is 25.8 Å². The first-order valence-corrected chi connectivity index (χ1v) is 7.30. The van der Waals surface area contributed by atoms with E-state index in [1.807, 2.05) is 0 Å². The van der Waals surface area contributed by atoms with E-state index in [1.54, 1.807) is 0 Å². The number of carboxylic acids is 2. The molecule has 3 N–H and O–H groups in total. The summed E-state index contributed by atoms with van der Waals surface area (Å²) in [5.74, 6) is -3.05. The van der Waals surface area contributed by atoms with Gasteiger partial charge in [-0.15, -0.1) is 0 Å². The summed E-state index contributed by atoms with van der Waals surface area (Å²) in [4.78, 5) is 44.2. The first-order chi connectivity index (χ1) is 9.31. The van der Waals surface area contributed by atoms with Gasteiger partial charge in [0.1, 0.15) is 11.8 Å². The standard InChI is InChI=1S/C12H17NO6S/c1-6(14)13-9(12(18)19)5-20-4-8-2-7(11(16)17)3-10(8)15/h7-9H,2-5H2,1H3,(H,13,14)(H,16,17)(H,18,19)/t7-,8+,9+/m1/s1. The molecule has 0 aromatic heterocycles. The van der Waals surface area contributed by atoms with Crippen LogP contribution in [0.25, 0.3) is 0 Å². The summed E-state index contributed by atoms with van der Waals surface area (Å²) in [6.45, 7) is 1.23. The Kier molecular flexibility index (Phi) is 6.00. The quantitative estimate of drug-likeness (QED) is 0.604. The van der Waals surface area contributed by atoms with E-state index in [1.165, 1.54) is 18.7 Å². The number of amides is 1. The van der Waals surface area contributed by atoms with Crippen LogP contribution in [0.2, 0.25) is 0 Å². The van der Waals surface area contributed by atoms with Crippen LogP contribution in [-0.2, 0) is 19.2 Å². The van der Waals surface area contributed by atoms with Crippen LogP contribution in [0.1, 0.15) is 19.8 Å². The molecule has 0 bridgehead atoms. The van der Waals surface area contributed by atoms with Crippen molar-refractivity contribution in [1.29, 1.82) is 0 Å². The molecule has 0 spiro atoms. The molecule has 1 saturated carbocycles. The Morgan fingerprint density at radius 3 is 2.50 bits per heavy atom. The zero-order valence-corrected chi connectivity index (χ0v) is 11.8. The minimum absolute atomic E-state index is 0.0502. The number of hydrogen-bond acceptors (Lipinski definition) is 5. The molecule has 0 saturated heterocycles. The summed E-state index contributed by atoms with van der Waals surface area (Å²) < 4.78 is 0. The molecule has 0 unspecified atom stereocenters. The summed E-state index contributed by atoms with van der Waals surface area (Å²) in [6.07, 6.45) is 0.355. The van der Waals surface area contributed by atoms with E-state index < -0.39 is 29.8 Å². The van der Waals surface area contributed by atoms with Gasteiger partial charge in [0.2, 0.25) is 5.91 Å². The van der Waals surface area contributed by atoms with Crippen molar-refractivity contribution >= 4 is 35.4 Å². The van der Waals surface area contributed by atoms with Gasteiger partial charge in [-0.05, 0) is 6.42 Å². The van der Waals surface area contributed by atoms with Crippen LogP contribution in [0.3, 0.4) is 0 Å². The van der Waals surface area contributed by atoms with E-state index in [9.17, 15) is 19.2 Å². The number of ketones is 1. The Morgan fingerprint density at radius 1 is 1.40 bits per heavy atom. The number of carbonyl (C=O) groups excluding carboxylic acids is 2. The fraction of sp³-hybridized carbons (Fsp3) is 0.667. The van der Waals surface area contributed by atoms with Gasteiger partial charge in [0.05, 0.1) is 5.92 Å². The van der Waals surface area contributed by atoms with Gasteiger partial charge in [-0.25, -0.2) is 4.79 Å². The van der Waals surface area contributed by atoms with Crippen molar-refractivity contribution in [3.63, 3.8) is 0 Å². The summed E-state index contributed by atoms with van der Waals surface area (Å²) in [7, 11) is 0. The third kappa shape index (κ3) is 4.84. The van der Waals surface area contributed by atoms with Crippen molar-refractivity contribution in [3.8, 4) is 0 Å². The van der Waals surface area contributed by atoms with E-state index in [-0.39, 0.29) is 23.9 Å². The molecule has 112 valence electrons. The second-order valence-electron chi connectivity index (χ2n) is 4.77. The maximum atomic E-state index is 11.6. The van der Waals surface area contributed by atoms with Crippen LogP contribution in [0.4, 0.5) is 0 Å². The number of thioether (sulfide) groups is 1. The molecular weight excluding hydrogens is 286 g/mol. The molecule has 7 nitrogen and oxygen atoms in total. The molecular formula is C12H17NO6S. The zero-order chi connectivity index (χ0) is 15.3. The molecule has 1 fully saturated rings. The SMILES string of the molecule is CC(=O)N[C@@H](CSC[C@@H]1C[C@@H](C(=O)O)CC1=O)C(=O)O. The third-order valence-corrected chi connectivity index (χ3v) is 4.31. The highest BCUT2D eigenvalue weighted by Gasteiger charge is 2.36. The molecule has 20 heavy (non-hydrogen) atoms. The van der Waals surface area contributed by atoms with Gasteiger partial charge >= 0.3 is 11.9 Å². The Bertz CT molecular complexity index is 424. The van der Waals surface area contributed by atoms with Crippen molar-refractivity contribution in [1.82, 2.24) is 5.32 Å². The lowest BCUT2D eigenvalue weighted by Crippen LogP contribution is -2.41. The normalized spacial score (nSPS) is 23.4. The number of hydrogen-bond donors (Lipinski definition) is 3. The highest BCUT2D eigenvalue weighted by Crippen LogP contribution is 2.30. The minimum Gasteiger partial charge on any atom is -0.481 e. The van der Waals surface area contributed by atoms with Crippen molar-refractivity contribution < 1.29 is 29.4 Å². The number of carboxylic acid groups (broad SMARTS) is 2. The Balaban J connectivity index is 2.39. The van der Waals surface area contributed by atoms with Gasteiger partial charge in [0.25, 0.3) is 0 Å². The second-order valence-corrected chi connectivity index (χ2v) is 5.84. The summed E-state index contributed by atoms with van der Waals surface area (Å²) >= 11 is 1.24. The zero-order valence-electron chi connectivity index (χ0n) is 11.0. The minimum atomic E-state index is -1.13. The van der Waals surface area contributed by atoms with Crippen LogP contribution < -0.4 is 5.32 Å².